The number of hydrogen-bond acceptors (Lipinski definition) is 2. The van der Waals surface area contributed by atoms with Crippen molar-refractivity contribution in [3.05, 3.63) is 35.5 Å². The molecule has 1 aromatic carbocycles. The molecule has 88 valence electrons. The van der Waals surface area contributed by atoms with Gasteiger partial charge in [-0.2, -0.15) is 0 Å². The first-order chi connectivity index (χ1) is 8.22. The van der Waals surface area contributed by atoms with E-state index in [4.69, 9.17) is 17.3 Å². The predicted molar refractivity (Wildman–Crippen MR) is 72.5 cm³/mol. The highest BCUT2D eigenvalue weighted by molar-refractivity contribution is 6.35. The number of nitrogens with one attached hydrogen (secondary N) is 1. The summed E-state index contributed by atoms with van der Waals surface area (Å²) >= 11 is 6.10. The SMILES string of the molecule is CCN=C(N)Nc1ccc(Cl)c2cccnc12. The Bertz CT molecular complexity index is 565. The maximum Gasteiger partial charge on any atom is 0.193 e. The molecule has 17 heavy (non-hydrogen) atoms. The van der Waals surface area contributed by atoms with E-state index in [0.717, 1.165) is 16.6 Å². The van der Waals surface area contributed by atoms with Crippen LogP contribution in [0.1, 0.15) is 6.92 Å². The number of halogens is 1. The summed E-state index contributed by atoms with van der Waals surface area (Å²) in [5.41, 5.74) is 7.32. The van der Waals surface area contributed by atoms with Gasteiger partial charge in [-0.3, -0.25) is 9.98 Å². The Morgan fingerprint density at radius 1 is 1.47 bits per heavy atom. The predicted octanol–water partition coefficient (Wildman–Crippen LogP) is 2.63. The van der Waals surface area contributed by atoms with Crippen LogP contribution in [-0.2, 0) is 0 Å². The van der Waals surface area contributed by atoms with Gasteiger partial charge in [-0.05, 0) is 31.2 Å². The van der Waals surface area contributed by atoms with Crippen LogP contribution in [0.5, 0.6) is 0 Å². The number of hydrogen-bond donors (Lipinski definition) is 2. The van der Waals surface area contributed by atoms with E-state index in [-0.39, 0.29) is 0 Å². The largest absolute Gasteiger partial charge is 0.370 e. The molecule has 5 heteroatoms. The van der Waals surface area contributed by atoms with E-state index in [9.17, 15) is 0 Å². The number of pyridine rings is 1. The van der Waals surface area contributed by atoms with Crippen molar-refractivity contribution in [3.63, 3.8) is 0 Å². The van der Waals surface area contributed by atoms with Gasteiger partial charge in [0.2, 0.25) is 0 Å². The second-order valence-electron chi connectivity index (χ2n) is 3.48. The summed E-state index contributed by atoms with van der Waals surface area (Å²) in [4.78, 5) is 8.37. The van der Waals surface area contributed by atoms with Crippen LogP contribution >= 0.6 is 11.6 Å². The first-order valence-corrected chi connectivity index (χ1v) is 5.70. The van der Waals surface area contributed by atoms with Gasteiger partial charge in [-0.15, -0.1) is 0 Å². The van der Waals surface area contributed by atoms with Gasteiger partial charge in [0.25, 0.3) is 0 Å². The molecule has 0 saturated heterocycles. The van der Waals surface area contributed by atoms with Crippen LogP contribution in [0, 0.1) is 0 Å². The third-order valence-corrected chi connectivity index (χ3v) is 2.64. The van der Waals surface area contributed by atoms with Gasteiger partial charge in [0.05, 0.1) is 16.2 Å². The standard InChI is InChI=1S/C12H13ClN4/c1-2-15-12(14)17-10-6-5-9(13)8-4-3-7-16-11(8)10/h3-7H,2H2,1H3,(H3,14,15,17). The van der Waals surface area contributed by atoms with Crippen LogP contribution in [0.15, 0.2) is 35.5 Å². The Morgan fingerprint density at radius 3 is 3.06 bits per heavy atom. The summed E-state index contributed by atoms with van der Waals surface area (Å²) < 4.78 is 0. The van der Waals surface area contributed by atoms with Crippen molar-refractivity contribution < 1.29 is 0 Å². The Kier molecular flexibility index (Phi) is 3.44. The maximum atomic E-state index is 6.10. The lowest BCUT2D eigenvalue weighted by Crippen LogP contribution is -2.22. The monoisotopic (exact) mass is 248 g/mol. The third kappa shape index (κ3) is 2.47. The molecule has 0 atom stereocenters. The molecule has 0 aliphatic heterocycles. The molecular weight excluding hydrogens is 236 g/mol. The Balaban J connectivity index is 2.48. The zero-order valence-electron chi connectivity index (χ0n) is 9.44. The van der Waals surface area contributed by atoms with Crippen LogP contribution in [0.25, 0.3) is 10.9 Å². The Morgan fingerprint density at radius 2 is 2.29 bits per heavy atom. The van der Waals surface area contributed by atoms with Crippen molar-refractivity contribution in [1.29, 1.82) is 0 Å². The molecule has 0 aliphatic rings. The highest BCUT2D eigenvalue weighted by Crippen LogP contribution is 2.27. The van der Waals surface area contributed by atoms with Crippen molar-refractivity contribution in [3.8, 4) is 0 Å². The number of aromatic nitrogens is 1. The van der Waals surface area contributed by atoms with Crippen LogP contribution in [-0.4, -0.2) is 17.5 Å². The molecule has 1 aromatic heterocycles. The molecule has 0 aliphatic carbocycles. The normalized spacial score (nSPS) is 11.8. The average molecular weight is 249 g/mol. The van der Waals surface area contributed by atoms with Crippen LogP contribution in [0.4, 0.5) is 5.69 Å². The minimum absolute atomic E-state index is 0.377. The summed E-state index contributed by atoms with van der Waals surface area (Å²) in [6.07, 6.45) is 1.72. The van der Waals surface area contributed by atoms with Gasteiger partial charge in [-0.1, -0.05) is 11.6 Å². The van der Waals surface area contributed by atoms with Crippen molar-refractivity contribution in [2.45, 2.75) is 6.92 Å². The molecule has 0 fully saturated rings. The summed E-state index contributed by atoms with van der Waals surface area (Å²) in [6, 6.07) is 7.42. The van der Waals surface area contributed by atoms with E-state index in [1.54, 1.807) is 6.20 Å². The molecular formula is C12H13ClN4. The number of guanidine groups is 1. The van der Waals surface area contributed by atoms with Gasteiger partial charge in [0.15, 0.2) is 5.96 Å². The topological polar surface area (TPSA) is 63.3 Å². The summed E-state index contributed by atoms with van der Waals surface area (Å²) in [7, 11) is 0. The fourth-order valence-corrected chi connectivity index (χ4v) is 1.80. The van der Waals surface area contributed by atoms with Gasteiger partial charge < -0.3 is 11.1 Å². The minimum Gasteiger partial charge on any atom is -0.370 e. The molecule has 0 saturated carbocycles. The van der Waals surface area contributed by atoms with E-state index in [2.05, 4.69) is 15.3 Å². The van der Waals surface area contributed by atoms with E-state index < -0.39 is 0 Å². The molecule has 3 N–H and O–H groups in total. The van der Waals surface area contributed by atoms with Crippen molar-refractivity contribution in [1.82, 2.24) is 4.98 Å². The number of anilines is 1. The van der Waals surface area contributed by atoms with Crippen molar-refractivity contribution >= 4 is 34.2 Å². The van der Waals surface area contributed by atoms with E-state index in [1.807, 2.05) is 31.2 Å². The van der Waals surface area contributed by atoms with Crippen LogP contribution in [0.3, 0.4) is 0 Å². The smallest absolute Gasteiger partial charge is 0.193 e. The highest BCUT2D eigenvalue weighted by Gasteiger charge is 2.05. The number of benzene rings is 1. The average Bonchev–Trinajstić information content (AvgIpc) is 2.34. The molecule has 0 spiro atoms. The second-order valence-corrected chi connectivity index (χ2v) is 3.89. The Labute approximate surface area is 105 Å². The van der Waals surface area contributed by atoms with E-state index >= 15 is 0 Å². The zero-order chi connectivity index (χ0) is 12.3. The number of nitrogens with two attached hydrogens (primary N) is 1. The molecule has 4 nitrogen and oxygen atoms in total. The Hall–Kier alpha value is -1.81. The first-order valence-electron chi connectivity index (χ1n) is 5.32. The minimum atomic E-state index is 0.377. The van der Waals surface area contributed by atoms with Crippen LogP contribution < -0.4 is 11.1 Å². The molecule has 0 radical (unpaired) electrons. The lowest BCUT2D eigenvalue weighted by atomic mass is 10.2. The van der Waals surface area contributed by atoms with Gasteiger partial charge in [0, 0.05) is 18.1 Å². The summed E-state index contributed by atoms with van der Waals surface area (Å²) in [5, 5.41) is 4.58. The van der Waals surface area contributed by atoms with E-state index in [0.29, 0.717) is 17.5 Å². The van der Waals surface area contributed by atoms with Crippen molar-refractivity contribution in [2.24, 2.45) is 10.7 Å². The lowest BCUT2D eigenvalue weighted by molar-refractivity contribution is 1.12. The first kappa shape index (κ1) is 11.7. The molecule has 0 unspecified atom stereocenters. The zero-order valence-corrected chi connectivity index (χ0v) is 10.2. The van der Waals surface area contributed by atoms with Crippen molar-refractivity contribution in [2.75, 3.05) is 11.9 Å². The molecule has 1 heterocycles. The maximum absolute atomic E-state index is 6.10. The number of aliphatic imine (C=N–C) groups is 1. The third-order valence-electron chi connectivity index (χ3n) is 2.31. The number of rotatable bonds is 2. The highest BCUT2D eigenvalue weighted by atomic mass is 35.5. The fourth-order valence-electron chi connectivity index (χ4n) is 1.59. The number of nitrogens with zero attached hydrogens (tertiary/aromatic N) is 2. The molecule has 2 aromatic rings. The second kappa shape index (κ2) is 5.01. The van der Waals surface area contributed by atoms with Gasteiger partial charge in [0.1, 0.15) is 0 Å². The summed E-state index contributed by atoms with van der Waals surface area (Å²) in [5.74, 6) is 0.377. The van der Waals surface area contributed by atoms with Gasteiger partial charge >= 0.3 is 0 Å². The molecule has 0 amide bonds. The molecule has 0 bridgehead atoms. The molecule has 2 rings (SSSR count). The summed E-state index contributed by atoms with van der Waals surface area (Å²) in [6.45, 7) is 2.56. The quantitative estimate of drug-likeness (QED) is 0.634. The van der Waals surface area contributed by atoms with Gasteiger partial charge in [-0.25, -0.2) is 0 Å². The van der Waals surface area contributed by atoms with Crippen LogP contribution in [0.2, 0.25) is 5.02 Å². The number of fused-ring (bicyclic) bond motifs is 1. The fraction of sp³-hybridized carbons (Fsp3) is 0.167. The lowest BCUT2D eigenvalue weighted by Gasteiger charge is -2.09. The van der Waals surface area contributed by atoms with E-state index in [1.165, 1.54) is 0 Å².